The fourth-order valence-corrected chi connectivity index (χ4v) is 3.02. The van der Waals surface area contributed by atoms with E-state index in [9.17, 15) is 14.4 Å². The molecule has 7 heteroatoms. The van der Waals surface area contributed by atoms with Crippen molar-refractivity contribution < 1.29 is 14.4 Å². The molecule has 2 heterocycles. The van der Waals surface area contributed by atoms with E-state index in [-0.39, 0.29) is 23.2 Å². The monoisotopic (exact) mass is 378 g/mol. The number of Topliss-reactive ketones (excluding diaryl/α,β-unsaturated/α-hetero) is 1. The van der Waals surface area contributed by atoms with Crippen molar-refractivity contribution in [2.24, 2.45) is 0 Å². The second-order valence-electron chi connectivity index (χ2n) is 6.31. The Labute approximate surface area is 163 Å². The summed E-state index contributed by atoms with van der Waals surface area (Å²) in [5.74, 6) is -0.652. The Hall–Kier alpha value is -3.48. The maximum absolute atomic E-state index is 12.8. The zero-order chi connectivity index (χ0) is 20.3. The molecule has 0 bridgehead atoms. The van der Waals surface area contributed by atoms with E-state index < -0.39 is 5.91 Å². The van der Waals surface area contributed by atoms with Crippen LogP contribution in [0.2, 0.25) is 0 Å². The van der Waals surface area contributed by atoms with E-state index in [2.05, 4.69) is 10.3 Å². The number of ketones is 1. The Bertz CT molecular complexity index is 1050. The van der Waals surface area contributed by atoms with E-state index in [0.29, 0.717) is 29.9 Å². The average Bonchev–Trinajstić information content (AvgIpc) is 3.09. The molecule has 1 N–H and O–H groups in total. The summed E-state index contributed by atoms with van der Waals surface area (Å²) in [6.07, 6.45) is 1.70. The van der Waals surface area contributed by atoms with Crippen LogP contribution in [0.1, 0.15) is 52.2 Å². The molecule has 7 nitrogen and oxygen atoms in total. The Kier molecular flexibility index (Phi) is 5.54. The maximum atomic E-state index is 12.8. The SMILES string of the molecule is CCN(CC)C(=O)c1nc(C(=O)Nc2cccc(C(C)=O)c2)n2ccccc12. The molecule has 0 unspecified atom stereocenters. The maximum Gasteiger partial charge on any atom is 0.292 e. The van der Waals surface area contributed by atoms with E-state index in [0.717, 1.165) is 0 Å². The zero-order valence-corrected chi connectivity index (χ0v) is 16.1. The van der Waals surface area contributed by atoms with Gasteiger partial charge in [0.15, 0.2) is 11.5 Å². The number of hydrogen-bond acceptors (Lipinski definition) is 4. The van der Waals surface area contributed by atoms with Crippen molar-refractivity contribution >= 4 is 28.8 Å². The third-order valence-corrected chi connectivity index (χ3v) is 4.53. The molecule has 2 amide bonds. The number of hydrogen-bond donors (Lipinski definition) is 1. The number of rotatable bonds is 6. The minimum Gasteiger partial charge on any atom is -0.338 e. The van der Waals surface area contributed by atoms with E-state index in [1.165, 1.54) is 6.92 Å². The number of imidazole rings is 1. The molecule has 28 heavy (non-hydrogen) atoms. The van der Waals surface area contributed by atoms with Crippen LogP contribution in [0.3, 0.4) is 0 Å². The number of nitrogens with zero attached hydrogens (tertiary/aromatic N) is 3. The molecule has 0 saturated heterocycles. The fraction of sp³-hybridized carbons (Fsp3) is 0.238. The van der Waals surface area contributed by atoms with E-state index in [1.807, 2.05) is 13.8 Å². The number of pyridine rings is 1. The van der Waals surface area contributed by atoms with Gasteiger partial charge in [-0.1, -0.05) is 18.2 Å². The Balaban J connectivity index is 1.99. The highest BCUT2D eigenvalue weighted by molar-refractivity contribution is 6.06. The molecule has 0 aliphatic heterocycles. The molecule has 144 valence electrons. The van der Waals surface area contributed by atoms with Gasteiger partial charge in [0.2, 0.25) is 5.82 Å². The predicted molar refractivity (Wildman–Crippen MR) is 107 cm³/mol. The highest BCUT2D eigenvalue weighted by Gasteiger charge is 2.24. The van der Waals surface area contributed by atoms with Crippen LogP contribution in [0, 0.1) is 0 Å². The summed E-state index contributed by atoms with van der Waals surface area (Å²) in [6.45, 7) is 6.37. The van der Waals surface area contributed by atoms with Crippen LogP contribution in [0.5, 0.6) is 0 Å². The molecule has 0 atom stereocenters. The number of carbonyl (C=O) groups is 3. The third-order valence-electron chi connectivity index (χ3n) is 4.53. The largest absolute Gasteiger partial charge is 0.338 e. The number of anilines is 1. The highest BCUT2D eigenvalue weighted by Crippen LogP contribution is 2.18. The van der Waals surface area contributed by atoms with Crippen molar-refractivity contribution in [3.8, 4) is 0 Å². The van der Waals surface area contributed by atoms with Gasteiger partial charge in [-0.25, -0.2) is 4.98 Å². The van der Waals surface area contributed by atoms with Crippen molar-refractivity contribution in [1.82, 2.24) is 14.3 Å². The summed E-state index contributed by atoms with van der Waals surface area (Å²) >= 11 is 0. The van der Waals surface area contributed by atoms with Crippen molar-refractivity contribution in [2.75, 3.05) is 18.4 Å². The lowest BCUT2D eigenvalue weighted by Gasteiger charge is -2.17. The molecule has 0 aliphatic carbocycles. The van der Waals surface area contributed by atoms with Gasteiger partial charge in [0.25, 0.3) is 11.8 Å². The lowest BCUT2D eigenvalue weighted by atomic mass is 10.1. The van der Waals surface area contributed by atoms with E-state index in [1.54, 1.807) is 58.0 Å². The summed E-state index contributed by atoms with van der Waals surface area (Å²) in [6, 6.07) is 12.0. The van der Waals surface area contributed by atoms with Crippen molar-refractivity contribution in [2.45, 2.75) is 20.8 Å². The van der Waals surface area contributed by atoms with Gasteiger partial charge in [-0.05, 0) is 45.0 Å². The molecule has 0 radical (unpaired) electrons. The predicted octanol–water partition coefficient (Wildman–Crippen LogP) is 3.27. The van der Waals surface area contributed by atoms with Crippen LogP contribution in [0.15, 0.2) is 48.7 Å². The van der Waals surface area contributed by atoms with Crippen molar-refractivity contribution in [1.29, 1.82) is 0 Å². The molecule has 0 aliphatic rings. The van der Waals surface area contributed by atoms with Crippen LogP contribution in [-0.2, 0) is 0 Å². The smallest absolute Gasteiger partial charge is 0.292 e. The molecule has 3 rings (SSSR count). The number of carbonyl (C=O) groups excluding carboxylic acids is 3. The normalized spacial score (nSPS) is 10.7. The minimum atomic E-state index is -0.458. The summed E-state index contributed by atoms with van der Waals surface area (Å²) in [5, 5.41) is 2.76. The molecular formula is C21H22N4O3. The topological polar surface area (TPSA) is 83.8 Å². The van der Waals surface area contributed by atoms with E-state index >= 15 is 0 Å². The van der Waals surface area contributed by atoms with Crippen molar-refractivity contribution in [3.05, 3.63) is 65.7 Å². The second kappa shape index (κ2) is 8.04. The number of nitrogens with one attached hydrogen (secondary N) is 1. The van der Waals surface area contributed by atoms with Gasteiger partial charge in [0, 0.05) is 30.5 Å². The molecular weight excluding hydrogens is 356 g/mol. The van der Waals surface area contributed by atoms with Crippen molar-refractivity contribution in [3.63, 3.8) is 0 Å². The van der Waals surface area contributed by atoms with E-state index in [4.69, 9.17) is 0 Å². The van der Waals surface area contributed by atoms with Gasteiger partial charge < -0.3 is 10.2 Å². The molecule has 3 aromatic rings. The zero-order valence-electron chi connectivity index (χ0n) is 16.1. The lowest BCUT2D eigenvalue weighted by molar-refractivity contribution is 0.0769. The first-order chi connectivity index (χ1) is 13.5. The fourth-order valence-electron chi connectivity index (χ4n) is 3.02. The molecule has 2 aromatic heterocycles. The van der Waals surface area contributed by atoms with Gasteiger partial charge in [0.05, 0.1) is 5.52 Å². The van der Waals surface area contributed by atoms with Gasteiger partial charge in [-0.15, -0.1) is 0 Å². The molecule has 0 spiro atoms. The molecule has 1 aromatic carbocycles. The van der Waals surface area contributed by atoms with Crippen LogP contribution in [0.25, 0.3) is 5.52 Å². The number of amides is 2. The third kappa shape index (κ3) is 3.64. The lowest BCUT2D eigenvalue weighted by Crippen LogP contribution is -2.31. The van der Waals surface area contributed by atoms with Gasteiger partial charge in [-0.2, -0.15) is 0 Å². The quantitative estimate of drug-likeness (QED) is 0.667. The number of aromatic nitrogens is 2. The first-order valence-electron chi connectivity index (χ1n) is 9.15. The van der Waals surface area contributed by atoms with Gasteiger partial charge >= 0.3 is 0 Å². The first kappa shape index (κ1) is 19.3. The Morgan fingerprint density at radius 1 is 1.07 bits per heavy atom. The molecule has 0 fully saturated rings. The summed E-state index contributed by atoms with van der Waals surface area (Å²) in [5.41, 5.74) is 1.80. The van der Waals surface area contributed by atoms with Crippen LogP contribution in [0.4, 0.5) is 5.69 Å². The first-order valence-corrected chi connectivity index (χ1v) is 9.15. The van der Waals surface area contributed by atoms with Gasteiger partial charge in [-0.3, -0.25) is 18.8 Å². The minimum absolute atomic E-state index is 0.0885. The second-order valence-corrected chi connectivity index (χ2v) is 6.31. The highest BCUT2D eigenvalue weighted by atomic mass is 16.2. The molecule has 0 saturated carbocycles. The summed E-state index contributed by atoms with van der Waals surface area (Å²) in [7, 11) is 0. The number of fused-ring (bicyclic) bond motifs is 1. The Morgan fingerprint density at radius 3 is 2.50 bits per heavy atom. The Morgan fingerprint density at radius 2 is 1.82 bits per heavy atom. The van der Waals surface area contributed by atoms with Crippen LogP contribution >= 0.6 is 0 Å². The van der Waals surface area contributed by atoms with Crippen LogP contribution in [-0.4, -0.2) is 45.0 Å². The number of benzene rings is 1. The summed E-state index contributed by atoms with van der Waals surface area (Å²) < 4.78 is 1.60. The summed E-state index contributed by atoms with van der Waals surface area (Å²) in [4.78, 5) is 43.2. The average molecular weight is 378 g/mol. The standard InChI is InChI=1S/C21H22N4O3/c1-4-24(5-2)21(28)18-17-11-6-7-12-25(17)19(23-18)20(27)22-16-10-8-9-15(13-16)14(3)26/h6-13H,4-5H2,1-3H3,(H,22,27). The van der Waals surface area contributed by atoms with Crippen LogP contribution < -0.4 is 5.32 Å². The van der Waals surface area contributed by atoms with Gasteiger partial charge in [0.1, 0.15) is 0 Å².